The Morgan fingerprint density at radius 1 is 1.42 bits per heavy atom. The lowest BCUT2D eigenvalue weighted by atomic mass is 9.91. The van der Waals surface area contributed by atoms with Crippen molar-refractivity contribution in [2.45, 2.75) is 38.9 Å². The molecule has 0 aliphatic carbocycles. The standard InChI is InChI=1S/C15H23NOS2/c1-15(2,3)11-14(17)16-7-6-13(19-10-8-16)12-5-4-9-18-12/h4-5,9,13H,6-8,10-11H2,1-3H3. The first-order valence-corrected chi connectivity index (χ1v) is 8.81. The normalized spacial score (nSPS) is 21.2. The zero-order chi connectivity index (χ0) is 13.9. The van der Waals surface area contributed by atoms with Crippen molar-refractivity contribution in [3.63, 3.8) is 0 Å². The Morgan fingerprint density at radius 2 is 2.21 bits per heavy atom. The maximum absolute atomic E-state index is 12.3. The average Bonchev–Trinajstić information content (AvgIpc) is 2.71. The summed E-state index contributed by atoms with van der Waals surface area (Å²) in [6.45, 7) is 8.20. The number of thioether (sulfide) groups is 1. The first-order valence-electron chi connectivity index (χ1n) is 6.88. The Morgan fingerprint density at radius 3 is 2.84 bits per heavy atom. The van der Waals surface area contributed by atoms with E-state index in [1.807, 2.05) is 23.1 Å². The van der Waals surface area contributed by atoms with E-state index in [-0.39, 0.29) is 5.41 Å². The number of thiophene rings is 1. The summed E-state index contributed by atoms with van der Waals surface area (Å²) in [6.07, 6.45) is 1.74. The molecular weight excluding hydrogens is 274 g/mol. The summed E-state index contributed by atoms with van der Waals surface area (Å²) < 4.78 is 0. The highest BCUT2D eigenvalue weighted by molar-refractivity contribution is 7.99. The molecular formula is C15H23NOS2. The van der Waals surface area contributed by atoms with Crippen LogP contribution in [0.3, 0.4) is 0 Å². The smallest absolute Gasteiger partial charge is 0.223 e. The molecule has 1 unspecified atom stereocenters. The predicted molar refractivity (Wildman–Crippen MR) is 84.8 cm³/mol. The van der Waals surface area contributed by atoms with Crippen LogP contribution in [-0.2, 0) is 4.79 Å². The van der Waals surface area contributed by atoms with Gasteiger partial charge in [-0.3, -0.25) is 4.79 Å². The van der Waals surface area contributed by atoms with Crippen LogP contribution in [0.1, 0.15) is 43.7 Å². The first kappa shape index (κ1) is 14.9. The van der Waals surface area contributed by atoms with Crippen molar-refractivity contribution in [1.82, 2.24) is 4.90 Å². The Labute approximate surface area is 124 Å². The van der Waals surface area contributed by atoms with Crippen molar-refractivity contribution in [1.29, 1.82) is 0 Å². The van der Waals surface area contributed by atoms with Gasteiger partial charge in [0.25, 0.3) is 0 Å². The van der Waals surface area contributed by atoms with Gasteiger partial charge in [-0.05, 0) is 23.3 Å². The van der Waals surface area contributed by atoms with Crippen LogP contribution in [0.15, 0.2) is 17.5 Å². The lowest BCUT2D eigenvalue weighted by Gasteiger charge is -2.25. The summed E-state index contributed by atoms with van der Waals surface area (Å²) in [7, 11) is 0. The Bertz CT molecular complexity index is 408. The van der Waals surface area contributed by atoms with Crippen LogP contribution in [0.25, 0.3) is 0 Å². The van der Waals surface area contributed by atoms with Crippen LogP contribution in [0.5, 0.6) is 0 Å². The Kier molecular flexibility index (Phi) is 4.96. The first-order chi connectivity index (χ1) is 8.96. The maximum atomic E-state index is 12.3. The molecule has 106 valence electrons. The largest absolute Gasteiger partial charge is 0.342 e. The van der Waals surface area contributed by atoms with E-state index in [1.54, 1.807) is 0 Å². The van der Waals surface area contributed by atoms with E-state index < -0.39 is 0 Å². The van der Waals surface area contributed by atoms with E-state index in [4.69, 9.17) is 0 Å². The van der Waals surface area contributed by atoms with Crippen molar-refractivity contribution in [3.8, 4) is 0 Å². The fourth-order valence-electron chi connectivity index (χ4n) is 2.29. The predicted octanol–water partition coefficient (Wildman–Crippen LogP) is 4.19. The van der Waals surface area contributed by atoms with Gasteiger partial charge in [0.2, 0.25) is 5.91 Å². The van der Waals surface area contributed by atoms with Crippen LogP contribution >= 0.6 is 23.1 Å². The van der Waals surface area contributed by atoms with Gasteiger partial charge in [0.05, 0.1) is 0 Å². The SMILES string of the molecule is CC(C)(C)CC(=O)N1CCSC(c2cccs2)CC1. The highest BCUT2D eigenvalue weighted by Crippen LogP contribution is 2.37. The third-order valence-electron chi connectivity index (χ3n) is 3.24. The molecule has 1 amide bonds. The number of hydrogen-bond donors (Lipinski definition) is 0. The minimum Gasteiger partial charge on any atom is -0.342 e. The minimum absolute atomic E-state index is 0.0870. The molecule has 2 heterocycles. The second-order valence-corrected chi connectivity index (χ2v) is 8.57. The lowest BCUT2D eigenvalue weighted by Crippen LogP contribution is -2.35. The van der Waals surface area contributed by atoms with Gasteiger partial charge in [-0.25, -0.2) is 0 Å². The summed E-state index contributed by atoms with van der Waals surface area (Å²) in [5.74, 6) is 1.37. The van der Waals surface area contributed by atoms with Crippen LogP contribution in [0.4, 0.5) is 0 Å². The van der Waals surface area contributed by atoms with Gasteiger partial charge in [0.1, 0.15) is 0 Å². The summed E-state index contributed by atoms with van der Waals surface area (Å²) in [6, 6.07) is 4.34. The minimum atomic E-state index is 0.0870. The van der Waals surface area contributed by atoms with Gasteiger partial charge in [-0.15, -0.1) is 11.3 Å². The fraction of sp³-hybridized carbons (Fsp3) is 0.667. The molecule has 0 aromatic carbocycles. The fourth-order valence-corrected chi connectivity index (χ4v) is 4.52. The molecule has 1 aromatic heterocycles. The molecule has 1 saturated heterocycles. The van der Waals surface area contributed by atoms with E-state index in [9.17, 15) is 4.79 Å². The molecule has 1 aromatic rings. The van der Waals surface area contributed by atoms with Gasteiger partial charge in [-0.1, -0.05) is 26.8 Å². The van der Waals surface area contributed by atoms with Crippen LogP contribution in [-0.4, -0.2) is 29.6 Å². The van der Waals surface area contributed by atoms with Gasteiger partial charge in [0.15, 0.2) is 0 Å². The van der Waals surface area contributed by atoms with E-state index in [1.165, 1.54) is 4.88 Å². The average molecular weight is 297 g/mol. The molecule has 4 heteroatoms. The highest BCUT2D eigenvalue weighted by atomic mass is 32.2. The van der Waals surface area contributed by atoms with Crippen molar-refractivity contribution < 1.29 is 4.79 Å². The molecule has 0 bridgehead atoms. The molecule has 1 aliphatic heterocycles. The number of rotatable bonds is 2. The Hall–Kier alpha value is -0.480. The molecule has 2 rings (SSSR count). The maximum Gasteiger partial charge on any atom is 0.223 e. The molecule has 1 aliphatic rings. The number of hydrogen-bond acceptors (Lipinski definition) is 3. The van der Waals surface area contributed by atoms with Crippen LogP contribution in [0, 0.1) is 5.41 Å². The molecule has 0 N–H and O–H groups in total. The van der Waals surface area contributed by atoms with Gasteiger partial charge >= 0.3 is 0 Å². The quantitative estimate of drug-likeness (QED) is 0.816. The van der Waals surface area contributed by atoms with Crippen molar-refractivity contribution >= 4 is 29.0 Å². The molecule has 1 fully saturated rings. The summed E-state index contributed by atoms with van der Waals surface area (Å²) in [5.41, 5.74) is 0.0870. The Balaban J connectivity index is 1.91. The number of carbonyl (C=O) groups is 1. The van der Waals surface area contributed by atoms with E-state index in [0.717, 1.165) is 25.3 Å². The molecule has 0 spiro atoms. The molecule has 0 saturated carbocycles. The van der Waals surface area contributed by atoms with Gasteiger partial charge < -0.3 is 4.90 Å². The molecule has 0 radical (unpaired) electrons. The number of amides is 1. The van der Waals surface area contributed by atoms with Gasteiger partial charge in [0, 0.05) is 35.4 Å². The molecule has 1 atom stereocenters. The third kappa shape index (κ3) is 4.53. The van der Waals surface area contributed by atoms with Crippen molar-refractivity contribution in [3.05, 3.63) is 22.4 Å². The van der Waals surface area contributed by atoms with E-state index >= 15 is 0 Å². The topological polar surface area (TPSA) is 20.3 Å². The monoisotopic (exact) mass is 297 g/mol. The zero-order valence-corrected chi connectivity index (χ0v) is 13.6. The van der Waals surface area contributed by atoms with E-state index in [2.05, 4.69) is 43.2 Å². The highest BCUT2D eigenvalue weighted by Gasteiger charge is 2.25. The number of carbonyl (C=O) groups excluding carboxylic acids is 1. The third-order valence-corrected chi connectivity index (χ3v) is 5.68. The van der Waals surface area contributed by atoms with Crippen molar-refractivity contribution in [2.24, 2.45) is 5.41 Å². The van der Waals surface area contributed by atoms with Crippen molar-refractivity contribution in [2.75, 3.05) is 18.8 Å². The van der Waals surface area contributed by atoms with Crippen LogP contribution < -0.4 is 0 Å². The van der Waals surface area contributed by atoms with Crippen LogP contribution in [0.2, 0.25) is 0 Å². The van der Waals surface area contributed by atoms with E-state index in [0.29, 0.717) is 17.6 Å². The number of nitrogens with zero attached hydrogens (tertiary/aromatic N) is 1. The zero-order valence-electron chi connectivity index (χ0n) is 12.0. The summed E-state index contributed by atoms with van der Waals surface area (Å²) >= 11 is 3.83. The van der Waals surface area contributed by atoms with Gasteiger partial charge in [-0.2, -0.15) is 11.8 Å². The summed E-state index contributed by atoms with van der Waals surface area (Å²) in [4.78, 5) is 15.8. The molecule has 2 nitrogen and oxygen atoms in total. The summed E-state index contributed by atoms with van der Waals surface area (Å²) in [5, 5.41) is 2.72. The lowest BCUT2D eigenvalue weighted by molar-refractivity contribution is -0.132. The molecule has 19 heavy (non-hydrogen) atoms. The second-order valence-electron chi connectivity index (χ2n) is 6.28. The second kappa shape index (κ2) is 6.31.